The maximum absolute atomic E-state index is 12.4. The number of carbonyl (C=O) groups is 1. The van der Waals surface area contributed by atoms with Gasteiger partial charge in [-0.25, -0.2) is 9.78 Å². The van der Waals surface area contributed by atoms with E-state index >= 15 is 0 Å². The average Bonchev–Trinajstić information content (AvgIpc) is 2.59. The summed E-state index contributed by atoms with van der Waals surface area (Å²) in [6, 6.07) is 11.7. The number of aromatic amines is 1. The average molecular weight is 338 g/mol. The number of carboxylic acids is 1. The molecule has 0 atom stereocenters. The predicted molar refractivity (Wildman–Crippen MR) is 95.1 cm³/mol. The topological polar surface area (TPSA) is 92.3 Å². The van der Waals surface area contributed by atoms with Crippen molar-refractivity contribution >= 4 is 16.9 Å². The van der Waals surface area contributed by atoms with Gasteiger partial charge in [0, 0.05) is 0 Å². The van der Waals surface area contributed by atoms with Crippen LogP contribution in [0.2, 0.25) is 0 Å². The van der Waals surface area contributed by atoms with Gasteiger partial charge >= 0.3 is 5.97 Å². The first kappa shape index (κ1) is 16.7. The molecule has 0 saturated carbocycles. The van der Waals surface area contributed by atoms with Crippen molar-refractivity contribution in [1.82, 2.24) is 9.97 Å². The van der Waals surface area contributed by atoms with Gasteiger partial charge in [-0.15, -0.1) is 0 Å². The van der Waals surface area contributed by atoms with Gasteiger partial charge in [0.05, 0.1) is 28.6 Å². The molecule has 128 valence electrons. The Kier molecular flexibility index (Phi) is 4.52. The molecule has 3 rings (SSSR count). The van der Waals surface area contributed by atoms with Crippen LogP contribution < -0.4 is 10.3 Å². The Labute approximate surface area is 144 Å². The molecule has 25 heavy (non-hydrogen) atoms. The molecule has 2 aromatic carbocycles. The number of aromatic nitrogens is 2. The Hall–Kier alpha value is -3.15. The van der Waals surface area contributed by atoms with Gasteiger partial charge in [0.25, 0.3) is 5.56 Å². The van der Waals surface area contributed by atoms with E-state index in [2.05, 4.69) is 23.8 Å². The second kappa shape index (κ2) is 6.76. The molecule has 0 aliphatic carbocycles. The molecule has 0 amide bonds. The molecule has 2 N–H and O–H groups in total. The van der Waals surface area contributed by atoms with Crippen molar-refractivity contribution in [2.45, 2.75) is 13.8 Å². The summed E-state index contributed by atoms with van der Waals surface area (Å²) < 4.78 is 5.82. The highest BCUT2D eigenvalue weighted by Crippen LogP contribution is 2.27. The number of hydrogen-bond donors (Lipinski definition) is 2. The van der Waals surface area contributed by atoms with Gasteiger partial charge < -0.3 is 14.8 Å². The first-order valence-corrected chi connectivity index (χ1v) is 7.95. The van der Waals surface area contributed by atoms with Crippen LogP contribution in [0.4, 0.5) is 0 Å². The van der Waals surface area contributed by atoms with Crippen LogP contribution >= 0.6 is 0 Å². The fraction of sp³-hybridized carbons (Fsp3) is 0.211. The number of benzene rings is 2. The van der Waals surface area contributed by atoms with Crippen molar-refractivity contribution in [1.29, 1.82) is 0 Å². The smallest absolute Gasteiger partial charge is 0.335 e. The van der Waals surface area contributed by atoms with Crippen molar-refractivity contribution in [2.24, 2.45) is 5.92 Å². The number of aromatic carboxylic acids is 1. The molecule has 0 spiro atoms. The second-order valence-electron chi connectivity index (χ2n) is 6.15. The maximum atomic E-state index is 12.4. The summed E-state index contributed by atoms with van der Waals surface area (Å²) in [4.78, 5) is 30.6. The molecule has 0 unspecified atom stereocenters. The van der Waals surface area contributed by atoms with Crippen LogP contribution in [-0.4, -0.2) is 27.7 Å². The third-order valence-corrected chi connectivity index (χ3v) is 3.67. The van der Waals surface area contributed by atoms with E-state index in [-0.39, 0.29) is 16.5 Å². The van der Waals surface area contributed by atoms with Gasteiger partial charge in [0.2, 0.25) is 0 Å². The van der Waals surface area contributed by atoms with E-state index in [1.54, 1.807) is 0 Å². The van der Waals surface area contributed by atoms with E-state index < -0.39 is 5.97 Å². The highest BCUT2D eigenvalue weighted by atomic mass is 16.5. The summed E-state index contributed by atoms with van der Waals surface area (Å²) in [7, 11) is 0. The minimum Gasteiger partial charge on any atom is -0.493 e. The molecule has 3 aromatic rings. The largest absolute Gasteiger partial charge is 0.493 e. The Morgan fingerprint density at radius 2 is 2.00 bits per heavy atom. The number of H-pyrrole nitrogens is 1. The molecule has 1 aromatic heterocycles. The number of ether oxygens (including phenoxy) is 1. The van der Waals surface area contributed by atoms with Crippen molar-refractivity contribution in [3.63, 3.8) is 0 Å². The molecule has 0 aliphatic rings. The van der Waals surface area contributed by atoms with Gasteiger partial charge in [0.1, 0.15) is 11.6 Å². The van der Waals surface area contributed by atoms with E-state index in [1.807, 2.05) is 24.3 Å². The zero-order valence-corrected chi connectivity index (χ0v) is 13.9. The summed E-state index contributed by atoms with van der Waals surface area (Å²) in [5.74, 6) is 0.310. The summed E-state index contributed by atoms with van der Waals surface area (Å²) in [6.45, 7) is 4.66. The molecule has 0 saturated heterocycles. The minimum atomic E-state index is -1.09. The lowest BCUT2D eigenvalue weighted by atomic mass is 10.1. The zero-order chi connectivity index (χ0) is 18.0. The maximum Gasteiger partial charge on any atom is 0.335 e. The van der Waals surface area contributed by atoms with Crippen molar-refractivity contribution in [3.8, 4) is 17.1 Å². The number of rotatable bonds is 5. The molecule has 0 bridgehead atoms. The first-order chi connectivity index (χ1) is 12.0. The normalized spacial score (nSPS) is 11.0. The molecule has 6 nitrogen and oxygen atoms in total. The summed E-state index contributed by atoms with van der Waals surface area (Å²) in [5.41, 5.74) is 0.779. The van der Waals surface area contributed by atoms with Gasteiger partial charge in [-0.3, -0.25) is 4.79 Å². The van der Waals surface area contributed by atoms with E-state index in [9.17, 15) is 9.59 Å². The zero-order valence-electron chi connectivity index (χ0n) is 13.9. The number of nitrogens with one attached hydrogen (secondary N) is 1. The van der Waals surface area contributed by atoms with Crippen LogP contribution in [0, 0.1) is 5.92 Å². The quantitative estimate of drug-likeness (QED) is 0.744. The number of para-hydroxylation sites is 1. The van der Waals surface area contributed by atoms with Crippen LogP contribution in [0.3, 0.4) is 0 Å². The molecular formula is C19H18N2O4. The Bertz CT molecular complexity index is 992. The van der Waals surface area contributed by atoms with Gasteiger partial charge in [-0.05, 0) is 36.2 Å². The van der Waals surface area contributed by atoms with E-state index in [0.29, 0.717) is 35.2 Å². The van der Waals surface area contributed by atoms with Gasteiger partial charge in [-0.2, -0.15) is 0 Å². The molecule has 6 heteroatoms. The molecular weight excluding hydrogens is 320 g/mol. The minimum absolute atomic E-state index is 0.0493. The third-order valence-electron chi connectivity index (χ3n) is 3.67. The lowest BCUT2D eigenvalue weighted by Gasteiger charge is -2.13. The van der Waals surface area contributed by atoms with Crippen molar-refractivity contribution in [3.05, 3.63) is 58.4 Å². The Balaban J connectivity index is 2.10. The van der Waals surface area contributed by atoms with E-state index in [0.717, 1.165) is 0 Å². The molecule has 0 fully saturated rings. The van der Waals surface area contributed by atoms with Gasteiger partial charge in [0.15, 0.2) is 0 Å². The molecule has 0 aliphatic heterocycles. The number of carboxylic acid groups (broad SMARTS) is 1. The van der Waals surface area contributed by atoms with Crippen molar-refractivity contribution < 1.29 is 14.6 Å². The number of hydrogen-bond acceptors (Lipinski definition) is 4. The fourth-order valence-corrected chi connectivity index (χ4v) is 2.44. The van der Waals surface area contributed by atoms with Crippen LogP contribution in [0.1, 0.15) is 24.2 Å². The van der Waals surface area contributed by atoms with Crippen LogP contribution in [0.5, 0.6) is 5.75 Å². The van der Waals surface area contributed by atoms with Crippen LogP contribution in [0.25, 0.3) is 22.3 Å². The summed E-state index contributed by atoms with van der Waals surface area (Å²) in [5, 5.41) is 9.30. The SMILES string of the molecule is CC(C)COc1ccccc1-c1nc2ccc(C(=O)O)cc2c(=O)[nH]1. The highest BCUT2D eigenvalue weighted by Gasteiger charge is 2.13. The third kappa shape index (κ3) is 3.52. The first-order valence-electron chi connectivity index (χ1n) is 7.95. The number of nitrogens with zero attached hydrogens (tertiary/aromatic N) is 1. The Morgan fingerprint density at radius 3 is 2.72 bits per heavy atom. The summed E-state index contributed by atoms with van der Waals surface area (Å²) >= 11 is 0. The highest BCUT2D eigenvalue weighted by molar-refractivity contribution is 5.93. The second-order valence-corrected chi connectivity index (χ2v) is 6.15. The van der Waals surface area contributed by atoms with E-state index in [4.69, 9.17) is 9.84 Å². The Morgan fingerprint density at radius 1 is 1.24 bits per heavy atom. The number of fused-ring (bicyclic) bond motifs is 1. The monoisotopic (exact) mass is 338 g/mol. The predicted octanol–water partition coefficient (Wildman–Crippen LogP) is 3.32. The van der Waals surface area contributed by atoms with Crippen LogP contribution in [0.15, 0.2) is 47.3 Å². The lowest BCUT2D eigenvalue weighted by Crippen LogP contribution is -2.12. The summed E-state index contributed by atoms with van der Waals surface area (Å²) in [6.07, 6.45) is 0. The molecule has 1 heterocycles. The van der Waals surface area contributed by atoms with E-state index in [1.165, 1.54) is 18.2 Å². The molecule has 0 radical (unpaired) electrons. The lowest BCUT2D eigenvalue weighted by molar-refractivity contribution is 0.0697. The fourth-order valence-electron chi connectivity index (χ4n) is 2.44. The van der Waals surface area contributed by atoms with Gasteiger partial charge in [-0.1, -0.05) is 26.0 Å². The van der Waals surface area contributed by atoms with Crippen molar-refractivity contribution in [2.75, 3.05) is 6.61 Å². The van der Waals surface area contributed by atoms with Crippen LogP contribution in [-0.2, 0) is 0 Å². The standard InChI is InChI=1S/C19H18N2O4/c1-11(2)10-25-16-6-4-3-5-13(16)17-20-15-8-7-12(19(23)24)9-14(15)18(22)21-17/h3-9,11H,10H2,1-2H3,(H,23,24)(H,20,21,22).